The van der Waals surface area contributed by atoms with Crippen LogP contribution in [-0.2, 0) is 22.4 Å². The summed E-state index contributed by atoms with van der Waals surface area (Å²) in [5.41, 5.74) is 1.09. The van der Waals surface area contributed by atoms with Crippen molar-refractivity contribution in [2.45, 2.75) is 33.1 Å². The van der Waals surface area contributed by atoms with Gasteiger partial charge in [0.2, 0.25) is 0 Å². The largest absolute Gasteiger partial charge is 0.462 e. The summed E-state index contributed by atoms with van der Waals surface area (Å²) in [6.45, 7) is 4.20. The Morgan fingerprint density at radius 1 is 1.70 bits per heavy atom. The molecule has 0 saturated carbocycles. The summed E-state index contributed by atoms with van der Waals surface area (Å²) in [4.78, 5) is 17.3. The zero-order valence-electron chi connectivity index (χ0n) is 11.6. The van der Waals surface area contributed by atoms with E-state index in [2.05, 4.69) is 17.2 Å². The standard InChI is InChI=1S/C14H17N3O2S/c1-3-19-13(18)10(7-15)8-16-14-17-11-5-4-9(2)6-12(11)20-14/h8-9H,3-6H2,1-2H3,(H,16,17)/b10-8+. The van der Waals surface area contributed by atoms with E-state index in [1.807, 2.05) is 6.07 Å². The third kappa shape index (κ3) is 3.36. The summed E-state index contributed by atoms with van der Waals surface area (Å²) < 4.78 is 4.79. The highest BCUT2D eigenvalue weighted by atomic mass is 32.1. The maximum absolute atomic E-state index is 11.5. The number of hydrogen-bond donors (Lipinski definition) is 1. The monoisotopic (exact) mass is 291 g/mol. The summed E-state index contributed by atoms with van der Waals surface area (Å²) in [5, 5.41) is 12.6. The van der Waals surface area contributed by atoms with Gasteiger partial charge in [0, 0.05) is 11.1 Å². The van der Waals surface area contributed by atoms with Gasteiger partial charge in [-0.3, -0.25) is 0 Å². The number of thiazole rings is 1. The Morgan fingerprint density at radius 2 is 2.50 bits per heavy atom. The van der Waals surface area contributed by atoms with E-state index in [0.29, 0.717) is 5.92 Å². The molecule has 0 aliphatic heterocycles. The molecule has 2 rings (SSSR count). The molecule has 1 atom stereocenters. The fraction of sp³-hybridized carbons (Fsp3) is 0.500. The molecule has 6 heteroatoms. The first-order chi connectivity index (χ1) is 9.63. The fourth-order valence-electron chi connectivity index (χ4n) is 2.08. The molecule has 1 unspecified atom stereocenters. The Morgan fingerprint density at radius 3 is 3.20 bits per heavy atom. The summed E-state index contributed by atoms with van der Waals surface area (Å²) >= 11 is 1.59. The molecule has 0 radical (unpaired) electrons. The number of fused-ring (bicyclic) bond motifs is 1. The molecule has 0 bridgehead atoms. The first-order valence-corrected chi connectivity index (χ1v) is 7.48. The van der Waals surface area contributed by atoms with Crippen LogP contribution in [0, 0.1) is 17.2 Å². The molecule has 1 N–H and O–H groups in total. The van der Waals surface area contributed by atoms with E-state index < -0.39 is 5.97 Å². The average Bonchev–Trinajstić information content (AvgIpc) is 2.81. The van der Waals surface area contributed by atoms with Gasteiger partial charge in [-0.05, 0) is 32.1 Å². The second-order valence-electron chi connectivity index (χ2n) is 4.77. The molecule has 1 aromatic rings. The Hall–Kier alpha value is -1.87. The molecule has 0 fully saturated rings. The van der Waals surface area contributed by atoms with Crippen molar-refractivity contribution >= 4 is 22.4 Å². The molecule has 20 heavy (non-hydrogen) atoms. The van der Waals surface area contributed by atoms with Crippen LogP contribution in [0.25, 0.3) is 0 Å². The van der Waals surface area contributed by atoms with Crippen molar-refractivity contribution in [1.29, 1.82) is 5.26 Å². The van der Waals surface area contributed by atoms with Crippen LogP contribution in [-0.4, -0.2) is 17.6 Å². The van der Waals surface area contributed by atoms with Crippen molar-refractivity contribution in [1.82, 2.24) is 4.98 Å². The number of nitrogens with zero attached hydrogens (tertiary/aromatic N) is 2. The molecule has 0 spiro atoms. The maximum atomic E-state index is 11.5. The van der Waals surface area contributed by atoms with Gasteiger partial charge in [-0.1, -0.05) is 6.92 Å². The Kier molecular flexibility index (Phi) is 4.74. The van der Waals surface area contributed by atoms with E-state index in [9.17, 15) is 4.79 Å². The smallest absolute Gasteiger partial charge is 0.350 e. The van der Waals surface area contributed by atoms with Crippen LogP contribution in [0.3, 0.4) is 0 Å². The van der Waals surface area contributed by atoms with E-state index in [-0.39, 0.29) is 12.2 Å². The molecule has 1 aliphatic rings. The molecule has 106 valence electrons. The van der Waals surface area contributed by atoms with E-state index in [1.165, 1.54) is 11.1 Å². The van der Waals surface area contributed by atoms with Gasteiger partial charge in [0.15, 0.2) is 10.7 Å². The van der Waals surface area contributed by atoms with Crippen molar-refractivity contribution in [3.05, 3.63) is 22.3 Å². The third-order valence-electron chi connectivity index (χ3n) is 3.14. The van der Waals surface area contributed by atoms with Crippen LogP contribution in [0.4, 0.5) is 5.13 Å². The number of hydrogen-bond acceptors (Lipinski definition) is 6. The van der Waals surface area contributed by atoms with Gasteiger partial charge in [-0.2, -0.15) is 5.26 Å². The van der Waals surface area contributed by atoms with Crippen molar-refractivity contribution in [3.8, 4) is 6.07 Å². The highest BCUT2D eigenvalue weighted by molar-refractivity contribution is 7.15. The Labute approximate surface area is 122 Å². The lowest BCUT2D eigenvalue weighted by Gasteiger charge is -2.15. The molecule has 1 aromatic heterocycles. The summed E-state index contributed by atoms with van der Waals surface area (Å²) in [6, 6.07) is 1.83. The molecule has 0 saturated heterocycles. The van der Waals surface area contributed by atoms with Gasteiger partial charge in [0.05, 0.1) is 12.3 Å². The van der Waals surface area contributed by atoms with E-state index in [0.717, 1.165) is 30.1 Å². The number of nitrogens with one attached hydrogen (secondary N) is 1. The predicted octanol–water partition coefficient (Wildman–Crippen LogP) is 2.65. The number of aromatic nitrogens is 1. The van der Waals surface area contributed by atoms with Crippen molar-refractivity contribution in [2.24, 2.45) is 5.92 Å². The lowest BCUT2D eigenvalue weighted by molar-refractivity contribution is -0.138. The lowest BCUT2D eigenvalue weighted by atomic mass is 9.93. The zero-order chi connectivity index (χ0) is 14.5. The van der Waals surface area contributed by atoms with Crippen LogP contribution in [0.2, 0.25) is 0 Å². The minimum absolute atomic E-state index is 0.0478. The molecular formula is C14H17N3O2S. The van der Waals surface area contributed by atoms with E-state index in [4.69, 9.17) is 10.00 Å². The minimum Gasteiger partial charge on any atom is -0.462 e. The van der Waals surface area contributed by atoms with Crippen molar-refractivity contribution < 1.29 is 9.53 Å². The Balaban J connectivity index is 2.07. The topological polar surface area (TPSA) is 75.0 Å². The van der Waals surface area contributed by atoms with Gasteiger partial charge in [-0.25, -0.2) is 9.78 Å². The number of rotatable bonds is 4. The maximum Gasteiger partial charge on any atom is 0.350 e. The predicted molar refractivity (Wildman–Crippen MR) is 77.3 cm³/mol. The van der Waals surface area contributed by atoms with E-state index in [1.54, 1.807) is 18.3 Å². The highest BCUT2D eigenvalue weighted by Crippen LogP contribution is 2.32. The van der Waals surface area contributed by atoms with Crippen LogP contribution in [0.5, 0.6) is 0 Å². The first-order valence-electron chi connectivity index (χ1n) is 6.66. The first kappa shape index (κ1) is 14.5. The number of esters is 1. The minimum atomic E-state index is -0.613. The van der Waals surface area contributed by atoms with Gasteiger partial charge in [0.25, 0.3) is 0 Å². The SMILES string of the molecule is CCOC(=O)/C(C#N)=C/Nc1nc2c(s1)CC(C)CC2. The zero-order valence-corrected chi connectivity index (χ0v) is 12.4. The molecule has 5 nitrogen and oxygen atoms in total. The van der Waals surface area contributed by atoms with Gasteiger partial charge in [-0.15, -0.1) is 11.3 Å². The third-order valence-corrected chi connectivity index (χ3v) is 4.19. The normalized spacial score (nSPS) is 18.1. The fourth-order valence-corrected chi connectivity index (χ4v) is 3.22. The quantitative estimate of drug-likeness (QED) is 0.524. The summed E-state index contributed by atoms with van der Waals surface area (Å²) in [5.74, 6) is 0.0815. The molecule has 1 aliphatic carbocycles. The van der Waals surface area contributed by atoms with E-state index >= 15 is 0 Å². The van der Waals surface area contributed by atoms with Crippen LogP contribution < -0.4 is 5.32 Å². The number of ether oxygens (including phenoxy) is 1. The van der Waals surface area contributed by atoms with Crippen LogP contribution >= 0.6 is 11.3 Å². The highest BCUT2D eigenvalue weighted by Gasteiger charge is 2.19. The second-order valence-corrected chi connectivity index (χ2v) is 5.86. The summed E-state index contributed by atoms with van der Waals surface area (Å²) in [6.07, 6.45) is 4.59. The average molecular weight is 291 g/mol. The Bertz CT molecular complexity index is 571. The van der Waals surface area contributed by atoms with Crippen molar-refractivity contribution in [3.63, 3.8) is 0 Å². The molecule has 0 aromatic carbocycles. The number of aryl methyl sites for hydroxylation is 1. The van der Waals surface area contributed by atoms with Gasteiger partial charge >= 0.3 is 5.97 Å². The molecule has 1 heterocycles. The number of nitriles is 1. The number of carbonyl (C=O) groups excluding carboxylic acids is 1. The van der Waals surface area contributed by atoms with Crippen LogP contribution in [0.1, 0.15) is 30.8 Å². The number of carbonyl (C=O) groups is 1. The summed E-state index contributed by atoms with van der Waals surface area (Å²) in [7, 11) is 0. The lowest BCUT2D eigenvalue weighted by Crippen LogP contribution is -2.09. The van der Waals surface area contributed by atoms with Gasteiger partial charge in [0.1, 0.15) is 6.07 Å². The number of anilines is 1. The van der Waals surface area contributed by atoms with Crippen LogP contribution in [0.15, 0.2) is 11.8 Å². The molecular weight excluding hydrogens is 274 g/mol. The molecule has 0 amide bonds. The van der Waals surface area contributed by atoms with Gasteiger partial charge < -0.3 is 10.1 Å². The second kappa shape index (κ2) is 6.53. The van der Waals surface area contributed by atoms with Crippen molar-refractivity contribution in [2.75, 3.05) is 11.9 Å².